The Morgan fingerprint density at radius 3 is 2.40 bits per heavy atom. The van der Waals surface area contributed by atoms with Crippen molar-refractivity contribution >= 4 is 11.9 Å². The van der Waals surface area contributed by atoms with Crippen molar-refractivity contribution in [2.75, 3.05) is 0 Å². The van der Waals surface area contributed by atoms with Gasteiger partial charge in [0, 0.05) is 0 Å². The van der Waals surface area contributed by atoms with Crippen molar-refractivity contribution in [2.24, 2.45) is 5.73 Å². The van der Waals surface area contributed by atoms with Gasteiger partial charge in [-0.25, -0.2) is 4.79 Å². The Balaban J connectivity index is 4.10. The van der Waals surface area contributed by atoms with E-state index in [0.717, 1.165) is 0 Å². The molecule has 0 aromatic carbocycles. The van der Waals surface area contributed by atoms with Gasteiger partial charge in [-0.05, 0) is 20.8 Å². The standard InChI is InChI=1S/C10H17NO4/c1-10(2,3)15-9(14)7(11)5-4-6-8(12)13/h4-5,7H,6,11H2,1-3H3,(H,12,13). The van der Waals surface area contributed by atoms with E-state index >= 15 is 0 Å². The molecule has 0 saturated heterocycles. The Labute approximate surface area is 88.9 Å². The molecule has 0 aliphatic rings. The third-order valence-electron chi connectivity index (χ3n) is 1.31. The topological polar surface area (TPSA) is 89.6 Å². The molecule has 0 fully saturated rings. The molecule has 0 aliphatic carbocycles. The molecule has 0 rings (SSSR count). The van der Waals surface area contributed by atoms with Crippen LogP contribution in [0.3, 0.4) is 0 Å². The minimum absolute atomic E-state index is 0.156. The summed E-state index contributed by atoms with van der Waals surface area (Å²) < 4.78 is 4.99. The van der Waals surface area contributed by atoms with E-state index < -0.39 is 23.6 Å². The van der Waals surface area contributed by atoms with Crippen LogP contribution >= 0.6 is 0 Å². The lowest BCUT2D eigenvalue weighted by Crippen LogP contribution is -2.35. The molecule has 1 atom stereocenters. The zero-order chi connectivity index (χ0) is 12.1. The van der Waals surface area contributed by atoms with Gasteiger partial charge in [-0.15, -0.1) is 0 Å². The van der Waals surface area contributed by atoms with E-state index in [2.05, 4.69) is 0 Å². The summed E-state index contributed by atoms with van der Waals surface area (Å²) in [5.74, 6) is -1.54. The second kappa shape index (κ2) is 5.50. The normalized spacial score (nSPS) is 13.9. The zero-order valence-corrected chi connectivity index (χ0v) is 9.19. The van der Waals surface area contributed by atoms with Crippen molar-refractivity contribution in [1.29, 1.82) is 0 Å². The first-order valence-corrected chi connectivity index (χ1v) is 4.59. The van der Waals surface area contributed by atoms with Crippen molar-refractivity contribution in [1.82, 2.24) is 0 Å². The van der Waals surface area contributed by atoms with Crippen LogP contribution in [0.25, 0.3) is 0 Å². The molecule has 0 radical (unpaired) electrons. The summed E-state index contributed by atoms with van der Waals surface area (Å²) in [6.45, 7) is 5.20. The monoisotopic (exact) mass is 215 g/mol. The molecule has 15 heavy (non-hydrogen) atoms. The van der Waals surface area contributed by atoms with Crippen LogP contribution in [-0.4, -0.2) is 28.7 Å². The van der Waals surface area contributed by atoms with E-state index in [1.807, 2.05) is 0 Å². The highest BCUT2D eigenvalue weighted by Crippen LogP contribution is 2.08. The number of carboxylic acid groups (broad SMARTS) is 1. The van der Waals surface area contributed by atoms with Crippen molar-refractivity contribution in [3.8, 4) is 0 Å². The molecule has 0 saturated carbocycles. The molecule has 5 nitrogen and oxygen atoms in total. The molecule has 86 valence electrons. The van der Waals surface area contributed by atoms with E-state index in [1.165, 1.54) is 12.2 Å². The van der Waals surface area contributed by atoms with Gasteiger partial charge in [0.25, 0.3) is 0 Å². The second-order valence-corrected chi connectivity index (χ2v) is 4.09. The van der Waals surface area contributed by atoms with Gasteiger partial charge in [-0.3, -0.25) is 4.79 Å². The Morgan fingerprint density at radius 1 is 1.47 bits per heavy atom. The highest BCUT2D eigenvalue weighted by Gasteiger charge is 2.20. The van der Waals surface area contributed by atoms with Gasteiger partial charge >= 0.3 is 11.9 Å². The maximum atomic E-state index is 11.3. The van der Waals surface area contributed by atoms with Gasteiger partial charge in [0.2, 0.25) is 0 Å². The molecule has 0 heterocycles. The fraction of sp³-hybridized carbons (Fsp3) is 0.600. The number of esters is 1. The summed E-state index contributed by atoms with van der Waals surface area (Å²) in [5, 5.41) is 8.34. The lowest BCUT2D eigenvalue weighted by atomic mass is 10.2. The van der Waals surface area contributed by atoms with Crippen molar-refractivity contribution in [3.63, 3.8) is 0 Å². The maximum absolute atomic E-state index is 11.3. The van der Waals surface area contributed by atoms with Gasteiger partial charge in [0.05, 0.1) is 6.42 Å². The molecule has 0 spiro atoms. The Kier molecular flexibility index (Phi) is 5.00. The third kappa shape index (κ3) is 7.69. The van der Waals surface area contributed by atoms with E-state index in [0.29, 0.717) is 0 Å². The number of rotatable bonds is 4. The quantitative estimate of drug-likeness (QED) is 0.532. The molecule has 5 heteroatoms. The predicted octanol–water partition coefficient (Wildman–Crippen LogP) is 0.686. The first-order chi connectivity index (χ1) is 6.72. The van der Waals surface area contributed by atoms with Gasteiger partial charge < -0.3 is 15.6 Å². The van der Waals surface area contributed by atoms with E-state index in [-0.39, 0.29) is 6.42 Å². The van der Waals surface area contributed by atoms with Gasteiger partial charge in [0.1, 0.15) is 11.6 Å². The van der Waals surface area contributed by atoms with Crippen LogP contribution in [0.1, 0.15) is 27.2 Å². The van der Waals surface area contributed by atoms with Gasteiger partial charge in [-0.2, -0.15) is 0 Å². The molecule has 0 aliphatic heterocycles. The molecule has 0 amide bonds. The average Bonchev–Trinajstić information content (AvgIpc) is 1.99. The fourth-order valence-electron chi connectivity index (χ4n) is 0.764. The van der Waals surface area contributed by atoms with Crippen molar-refractivity contribution in [3.05, 3.63) is 12.2 Å². The summed E-state index contributed by atoms with van der Waals surface area (Å²) >= 11 is 0. The Bertz CT molecular complexity index is 265. The van der Waals surface area contributed by atoms with Crippen LogP contribution in [-0.2, 0) is 14.3 Å². The predicted molar refractivity (Wildman–Crippen MR) is 55.2 cm³/mol. The summed E-state index contributed by atoms with van der Waals surface area (Å²) in [6.07, 6.45) is 2.50. The largest absolute Gasteiger partial charge is 0.481 e. The lowest BCUT2D eigenvalue weighted by molar-refractivity contribution is -0.155. The molecule has 0 aromatic heterocycles. The average molecular weight is 215 g/mol. The molecular weight excluding hydrogens is 198 g/mol. The summed E-state index contributed by atoms with van der Waals surface area (Å²) in [4.78, 5) is 21.5. The van der Waals surface area contributed by atoms with Crippen LogP contribution in [0.5, 0.6) is 0 Å². The molecule has 1 unspecified atom stereocenters. The Morgan fingerprint density at radius 2 is 2.00 bits per heavy atom. The number of ether oxygens (including phenoxy) is 1. The van der Waals surface area contributed by atoms with Crippen LogP contribution in [0, 0.1) is 0 Å². The number of carbonyl (C=O) groups excluding carboxylic acids is 1. The van der Waals surface area contributed by atoms with Crippen molar-refractivity contribution in [2.45, 2.75) is 38.8 Å². The second-order valence-electron chi connectivity index (χ2n) is 4.09. The highest BCUT2D eigenvalue weighted by molar-refractivity contribution is 5.78. The lowest BCUT2D eigenvalue weighted by Gasteiger charge is -2.20. The Hall–Kier alpha value is -1.36. The SMILES string of the molecule is CC(C)(C)OC(=O)C(N)C=CCC(=O)O. The highest BCUT2D eigenvalue weighted by atomic mass is 16.6. The number of carbonyl (C=O) groups is 2. The van der Waals surface area contributed by atoms with Crippen LogP contribution in [0.2, 0.25) is 0 Å². The minimum Gasteiger partial charge on any atom is -0.481 e. The number of nitrogens with two attached hydrogens (primary N) is 1. The maximum Gasteiger partial charge on any atom is 0.327 e. The molecule has 0 bridgehead atoms. The minimum atomic E-state index is -0.970. The number of hydrogen-bond acceptors (Lipinski definition) is 4. The van der Waals surface area contributed by atoms with E-state index in [9.17, 15) is 9.59 Å². The molecule has 3 N–H and O–H groups in total. The first-order valence-electron chi connectivity index (χ1n) is 4.59. The van der Waals surface area contributed by atoms with Gasteiger partial charge in [0.15, 0.2) is 0 Å². The third-order valence-corrected chi connectivity index (χ3v) is 1.31. The molecule has 0 aromatic rings. The summed E-state index contributed by atoms with van der Waals surface area (Å²) in [7, 11) is 0. The molecular formula is C10H17NO4. The number of aliphatic carboxylic acids is 1. The van der Waals surface area contributed by atoms with E-state index in [4.69, 9.17) is 15.6 Å². The summed E-state index contributed by atoms with van der Waals surface area (Å²) in [5.41, 5.74) is 4.87. The summed E-state index contributed by atoms with van der Waals surface area (Å²) in [6, 6.07) is -0.913. The van der Waals surface area contributed by atoms with Crippen LogP contribution in [0.15, 0.2) is 12.2 Å². The first kappa shape index (κ1) is 13.6. The van der Waals surface area contributed by atoms with Crippen LogP contribution < -0.4 is 5.73 Å². The van der Waals surface area contributed by atoms with Crippen molar-refractivity contribution < 1.29 is 19.4 Å². The van der Waals surface area contributed by atoms with Crippen LogP contribution in [0.4, 0.5) is 0 Å². The number of carboxylic acids is 1. The fourth-order valence-corrected chi connectivity index (χ4v) is 0.764. The van der Waals surface area contributed by atoms with E-state index in [1.54, 1.807) is 20.8 Å². The van der Waals surface area contributed by atoms with Gasteiger partial charge in [-0.1, -0.05) is 12.2 Å². The smallest absolute Gasteiger partial charge is 0.327 e. The zero-order valence-electron chi connectivity index (χ0n) is 9.19. The number of hydrogen-bond donors (Lipinski definition) is 2.